The molecule has 68 valence electrons. The number of nitrogens with zero attached hydrogens (tertiary/aromatic N) is 2. The van der Waals surface area contributed by atoms with Crippen LogP contribution in [0.4, 0.5) is 0 Å². The minimum absolute atomic E-state index is 0.624. The molecule has 0 radical (unpaired) electrons. The first kappa shape index (κ1) is 10.1. The maximum Gasteiger partial charge on any atom is 0.114 e. The molecule has 0 spiro atoms. The zero-order valence-corrected chi connectivity index (χ0v) is 8.64. The average molecular weight is 192 g/mol. The highest BCUT2D eigenvalue weighted by Gasteiger charge is 2.03. The van der Waals surface area contributed by atoms with Crippen LogP contribution in [-0.4, -0.2) is 10.7 Å². The molecule has 13 heavy (non-hydrogen) atoms. The van der Waals surface area contributed by atoms with E-state index in [1.54, 1.807) is 30.1 Å². The van der Waals surface area contributed by atoms with E-state index in [1.165, 1.54) is 0 Å². The molecule has 1 rings (SSSR count). The van der Waals surface area contributed by atoms with Crippen molar-refractivity contribution in [2.45, 2.75) is 18.9 Å². The van der Waals surface area contributed by atoms with Gasteiger partial charge in [-0.15, -0.1) is 11.8 Å². The summed E-state index contributed by atoms with van der Waals surface area (Å²) in [6.07, 6.45) is 1.73. The fourth-order valence-corrected chi connectivity index (χ4v) is 1.73. The van der Waals surface area contributed by atoms with Crippen LogP contribution in [0, 0.1) is 17.2 Å². The molecule has 1 aromatic heterocycles. The Balaban J connectivity index is 2.71. The van der Waals surface area contributed by atoms with Crippen molar-refractivity contribution in [3.63, 3.8) is 0 Å². The van der Waals surface area contributed by atoms with Gasteiger partial charge in [-0.3, -0.25) is 0 Å². The highest BCUT2D eigenvalue weighted by atomic mass is 32.2. The molecule has 0 N–H and O–H groups in total. The summed E-state index contributed by atoms with van der Waals surface area (Å²) >= 11 is 1.65. The Morgan fingerprint density at radius 1 is 1.62 bits per heavy atom. The Labute approximate surface area is 83.0 Å². The van der Waals surface area contributed by atoms with Gasteiger partial charge < -0.3 is 0 Å². The van der Waals surface area contributed by atoms with E-state index < -0.39 is 0 Å². The Kier molecular flexibility index (Phi) is 3.78. The Bertz CT molecular complexity index is 315. The lowest BCUT2D eigenvalue weighted by atomic mass is 10.3. The molecule has 0 unspecified atom stereocenters. The summed E-state index contributed by atoms with van der Waals surface area (Å²) in [6, 6.07) is 5.73. The molecule has 0 aliphatic heterocycles. The first-order valence-corrected chi connectivity index (χ1v) is 5.20. The van der Waals surface area contributed by atoms with Gasteiger partial charge in [0.1, 0.15) is 11.1 Å². The van der Waals surface area contributed by atoms with Crippen molar-refractivity contribution in [1.82, 2.24) is 4.98 Å². The van der Waals surface area contributed by atoms with Gasteiger partial charge >= 0.3 is 0 Å². The van der Waals surface area contributed by atoms with Crippen molar-refractivity contribution >= 4 is 11.8 Å². The van der Waals surface area contributed by atoms with Crippen molar-refractivity contribution in [1.29, 1.82) is 5.26 Å². The van der Waals surface area contributed by atoms with Crippen molar-refractivity contribution < 1.29 is 0 Å². The Hall–Kier alpha value is -1.01. The molecule has 0 saturated heterocycles. The highest BCUT2D eigenvalue weighted by molar-refractivity contribution is 7.99. The third-order valence-corrected chi connectivity index (χ3v) is 2.88. The van der Waals surface area contributed by atoms with E-state index in [4.69, 9.17) is 5.26 Å². The zero-order valence-electron chi connectivity index (χ0n) is 7.82. The second-order valence-electron chi connectivity index (χ2n) is 3.17. The van der Waals surface area contributed by atoms with Crippen molar-refractivity contribution in [3.8, 4) is 6.07 Å². The summed E-state index contributed by atoms with van der Waals surface area (Å²) in [6.45, 7) is 4.31. The fourth-order valence-electron chi connectivity index (χ4n) is 0.837. The molecule has 0 aliphatic carbocycles. The number of nitriles is 1. The van der Waals surface area contributed by atoms with Crippen LogP contribution in [0.5, 0.6) is 0 Å². The average Bonchev–Trinajstić information content (AvgIpc) is 2.15. The number of rotatable bonds is 3. The van der Waals surface area contributed by atoms with E-state index in [0.29, 0.717) is 11.5 Å². The predicted octanol–water partition coefficient (Wildman–Crippen LogP) is 2.70. The minimum Gasteiger partial charge on any atom is -0.249 e. The smallest absolute Gasteiger partial charge is 0.114 e. The van der Waals surface area contributed by atoms with Crippen LogP contribution in [0.25, 0.3) is 0 Å². The molecule has 0 amide bonds. The number of pyridine rings is 1. The van der Waals surface area contributed by atoms with Crippen molar-refractivity contribution in [2.24, 2.45) is 5.92 Å². The van der Waals surface area contributed by atoms with Gasteiger partial charge in [0, 0.05) is 11.9 Å². The summed E-state index contributed by atoms with van der Waals surface area (Å²) in [5, 5.41) is 9.63. The van der Waals surface area contributed by atoms with Gasteiger partial charge in [-0.25, -0.2) is 4.98 Å². The zero-order chi connectivity index (χ0) is 9.68. The van der Waals surface area contributed by atoms with Crippen LogP contribution in [0.1, 0.15) is 19.4 Å². The Morgan fingerprint density at radius 3 is 3.00 bits per heavy atom. The van der Waals surface area contributed by atoms with Gasteiger partial charge in [-0.1, -0.05) is 13.8 Å². The van der Waals surface area contributed by atoms with E-state index in [-0.39, 0.29) is 0 Å². The lowest BCUT2D eigenvalue weighted by Gasteiger charge is -2.04. The molecule has 1 aromatic rings. The SMILES string of the molecule is CC(C)CSc1ncccc1C#N. The third kappa shape index (κ3) is 3.08. The van der Waals surface area contributed by atoms with Gasteiger partial charge in [-0.05, 0) is 18.1 Å². The standard InChI is InChI=1S/C10H12N2S/c1-8(2)7-13-10-9(6-11)4-3-5-12-10/h3-5,8H,7H2,1-2H3. The van der Waals surface area contributed by atoms with Gasteiger partial charge in [0.2, 0.25) is 0 Å². The fraction of sp³-hybridized carbons (Fsp3) is 0.400. The van der Waals surface area contributed by atoms with Crippen LogP contribution in [0.3, 0.4) is 0 Å². The summed E-state index contributed by atoms with van der Waals surface area (Å²) in [5.41, 5.74) is 0.674. The highest BCUT2D eigenvalue weighted by Crippen LogP contribution is 2.21. The molecule has 1 heterocycles. The van der Waals surface area contributed by atoms with Crippen LogP contribution in [0.2, 0.25) is 0 Å². The molecule has 0 fully saturated rings. The summed E-state index contributed by atoms with van der Waals surface area (Å²) in [4.78, 5) is 4.16. The normalized spacial score (nSPS) is 10.0. The van der Waals surface area contributed by atoms with E-state index in [9.17, 15) is 0 Å². The summed E-state index contributed by atoms with van der Waals surface area (Å²) < 4.78 is 0. The number of hydrogen-bond acceptors (Lipinski definition) is 3. The van der Waals surface area contributed by atoms with Gasteiger partial charge in [-0.2, -0.15) is 5.26 Å². The van der Waals surface area contributed by atoms with Gasteiger partial charge in [0.25, 0.3) is 0 Å². The van der Waals surface area contributed by atoms with Crippen LogP contribution in [0.15, 0.2) is 23.4 Å². The molecule has 2 nitrogen and oxygen atoms in total. The molecule has 0 aliphatic rings. The number of hydrogen-bond donors (Lipinski definition) is 0. The Morgan fingerprint density at radius 2 is 2.38 bits per heavy atom. The molecule has 3 heteroatoms. The largest absolute Gasteiger partial charge is 0.249 e. The second-order valence-corrected chi connectivity index (χ2v) is 4.18. The van der Waals surface area contributed by atoms with Crippen LogP contribution in [-0.2, 0) is 0 Å². The van der Waals surface area contributed by atoms with Crippen LogP contribution < -0.4 is 0 Å². The van der Waals surface area contributed by atoms with E-state index in [1.807, 2.05) is 0 Å². The van der Waals surface area contributed by atoms with Crippen LogP contribution >= 0.6 is 11.8 Å². The first-order valence-electron chi connectivity index (χ1n) is 4.22. The predicted molar refractivity (Wildman–Crippen MR) is 54.5 cm³/mol. The van der Waals surface area contributed by atoms with Crippen molar-refractivity contribution in [2.75, 3.05) is 5.75 Å². The summed E-state index contributed by atoms with van der Waals surface area (Å²) in [5.74, 6) is 1.63. The molecular weight excluding hydrogens is 180 g/mol. The minimum atomic E-state index is 0.624. The van der Waals surface area contributed by atoms with Crippen molar-refractivity contribution in [3.05, 3.63) is 23.9 Å². The third-order valence-electron chi connectivity index (χ3n) is 1.44. The molecule has 0 saturated carbocycles. The quantitative estimate of drug-likeness (QED) is 0.691. The van der Waals surface area contributed by atoms with E-state index >= 15 is 0 Å². The lowest BCUT2D eigenvalue weighted by molar-refractivity contribution is 0.749. The molecule has 0 aromatic carbocycles. The van der Waals surface area contributed by atoms with Gasteiger partial charge in [0.15, 0.2) is 0 Å². The topological polar surface area (TPSA) is 36.7 Å². The monoisotopic (exact) mass is 192 g/mol. The second kappa shape index (κ2) is 4.88. The van der Waals surface area contributed by atoms with E-state index in [2.05, 4.69) is 24.9 Å². The lowest BCUT2D eigenvalue weighted by Crippen LogP contribution is -1.93. The van der Waals surface area contributed by atoms with Gasteiger partial charge in [0.05, 0.1) is 5.56 Å². The maximum absolute atomic E-state index is 8.78. The maximum atomic E-state index is 8.78. The summed E-state index contributed by atoms with van der Waals surface area (Å²) in [7, 11) is 0. The molecular formula is C10H12N2S. The first-order chi connectivity index (χ1) is 6.24. The number of aromatic nitrogens is 1. The van der Waals surface area contributed by atoms with E-state index in [0.717, 1.165) is 10.8 Å². The molecule has 0 atom stereocenters. The number of thioether (sulfide) groups is 1. The molecule has 0 bridgehead atoms.